The minimum atomic E-state index is 0.421. The first-order valence-corrected chi connectivity index (χ1v) is 6.89. The van der Waals surface area contributed by atoms with Crippen molar-refractivity contribution in [2.75, 3.05) is 6.54 Å². The summed E-state index contributed by atoms with van der Waals surface area (Å²) < 4.78 is 2.07. The van der Waals surface area contributed by atoms with Crippen molar-refractivity contribution in [1.82, 2.24) is 14.7 Å². The van der Waals surface area contributed by atoms with E-state index in [2.05, 4.69) is 26.3 Å². The molecule has 0 bridgehead atoms. The molecule has 5 heteroatoms. The summed E-state index contributed by atoms with van der Waals surface area (Å²) in [6, 6.07) is 0. The molecule has 0 spiro atoms. The van der Waals surface area contributed by atoms with Crippen molar-refractivity contribution < 1.29 is 0 Å². The number of nitrogens with one attached hydrogen (secondary N) is 1. The second-order valence-corrected chi connectivity index (χ2v) is 5.88. The number of alkyl halides is 1. The molecule has 0 unspecified atom stereocenters. The average Bonchev–Trinajstić information content (AvgIpc) is 2.74. The second kappa shape index (κ2) is 4.35. The lowest BCUT2D eigenvalue weighted by molar-refractivity contribution is 0.308. The molecule has 86 valence electrons. The van der Waals surface area contributed by atoms with Gasteiger partial charge in [0.2, 0.25) is 0 Å². The summed E-state index contributed by atoms with van der Waals surface area (Å²) >= 11 is 7.61. The molecular formula is C11H14ClN3S. The van der Waals surface area contributed by atoms with Crippen molar-refractivity contribution >= 4 is 27.9 Å². The zero-order valence-electron chi connectivity index (χ0n) is 8.90. The van der Waals surface area contributed by atoms with Crippen LogP contribution in [0.15, 0.2) is 17.8 Å². The van der Waals surface area contributed by atoms with E-state index in [1.807, 2.05) is 6.20 Å². The van der Waals surface area contributed by atoms with Crippen LogP contribution in [0, 0.1) is 5.92 Å². The molecule has 3 nitrogen and oxygen atoms in total. The van der Waals surface area contributed by atoms with Crippen LogP contribution in [0.4, 0.5) is 0 Å². The number of aromatic nitrogens is 2. The Morgan fingerprint density at radius 2 is 2.44 bits per heavy atom. The van der Waals surface area contributed by atoms with E-state index >= 15 is 0 Å². The van der Waals surface area contributed by atoms with E-state index in [4.69, 9.17) is 11.6 Å². The van der Waals surface area contributed by atoms with Crippen molar-refractivity contribution in [3.63, 3.8) is 0 Å². The number of thiazole rings is 1. The largest absolute Gasteiger partial charge is 0.311 e. The van der Waals surface area contributed by atoms with Crippen molar-refractivity contribution in [2.24, 2.45) is 5.92 Å². The Labute approximate surface area is 103 Å². The van der Waals surface area contributed by atoms with E-state index in [9.17, 15) is 0 Å². The molecular weight excluding hydrogens is 242 g/mol. The normalized spacial score (nSPS) is 24.8. The van der Waals surface area contributed by atoms with E-state index in [0.717, 1.165) is 42.5 Å². The molecule has 1 saturated carbocycles. The predicted octanol–water partition coefficient (Wildman–Crippen LogP) is 2.50. The number of halogens is 1. The summed E-state index contributed by atoms with van der Waals surface area (Å²) in [6.45, 7) is 1.92. The lowest BCUT2D eigenvalue weighted by Gasteiger charge is -2.30. The highest BCUT2D eigenvalue weighted by Crippen LogP contribution is 2.31. The molecule has 2 aromatic heterocycles. The number of hydrogen-bond donors (Lipinski definition) is 1. The zero-order valence-corrected chi connectivity index (χ0v) is 10.5. The third-order valence-electron chi connectivity index (χ3n) is 3.06. The van der Waals surface area contributed by atoms with E-state index in [0.29, 0.717) is 5.38 Å². The SMILES string of the molecule is ClC1CC(CNCc2cn3ccsc3n2)C1. The first kappa shape index (κ1) is 10.6. The van der Waals surface area contributed by atoms with Gasteiger partial charge in [0.15, 0.2) is 4.96 Å². The molecule has 0 radical (unpaired) electrons. The Hall–Kier alpha value is -0.580. The maximum absolute atomic E-state index is 5.94. The zero-order chi connectivity index (χ0) is 11.0. The molecule has 0 saturated heterocycles. The molecule has 1 aliphatic rings. The van der Waals surface area contributed by atoms with Gasteiger partial charge in [0.1, 0.15) is 0 Å². The van der Waals surface area contributed by atoms with Gasteiger partial charge in [-0.05, 0) is 25.3 Å². The van der Waals surface area contributed by atoms with Crippen molar-refractivity contribution in [2.45, 2.75) is 24.8 Å². The third-order valence-corrected chi connectivity index (χ3v) is 4.19. The van der Waals surface area contributed by atoms with Crippen molar-refractivity contribution in [1.29, 1.82) is 0 Å². The lowest BCUT2D eigenvalue weighted by atomic mass is 9.85. The van der Waals surface area contributed by atoms with Gasteiger partial charge < -0.3 is 5.32 Å². The molecule has 0 atom stereocenters. The first-order chi connectivity index (χ1) is 7.81. The molecule has 0 aliphatic heterocycles. The monoisotopic (exact) mass is 255 g/mol. The fraction of sp³-hybridized carbons (Fsp3) is 0.545. The van der Waals surface area contributed by atoms with Crippen LogP contribution in [0.1, 0.15) is 18.5 Å². The number of fused-ring (bicyclic) bond motifs is 1. The highest BCUT2D eigenvalue weighted by Gasteiger charge is 2.26. The Morgan fingerprint density at radius 1 is 1.56 bits per heavy atom. The fourth-order valence-electron chi connectivity index (χ4n) is 2.09. The summed E-state index contributed by atoms with van der Waals surface area (Å²) in [6.07, 6.45) is 6.45. The van der Waals surface area contributed by atoms with E-state index in [1.54, 1.807) is 11.3 Å². The minimum absolute atomic E-state index is 0.421. The molecule has 1 aliphatic carbocycles. The number of hydrogen-bond acceptors (Lipinski definition) is 3. The van der Waals surface area contributed by atoms with Crippen LogP contribution in [-0.2, 0) is 6.54 Å². The molecule has 0 amide bonds. The van der Waals surface area contributed by atoms with Crippen LogP contribution in [0.25, 0.3) is 4.96 Å². The summed E-state index contributed by atoms with van der Waals surface area (Å²) in [7, 11) is 0. The van der Waals surface area contributed by atoms with Crippen molar-refractivity contribution in [3.05, 3.63) is 23.5 Å². The van der Waals surface area contributed by atoms with Gasteiger partial charge in [0, 0.05) is 29.7 Å². The summed E-state index contributed by atoms with van der Waals surface area (Å²) in [5.74, 6) is 0.770. The molecule has 0 aromatic carbocycles. The van der Waals surface area contributed by atoms with Crippen LogP contribution in [0.3, 0.4) is 0 Å². The Morgan fingerprint density at radius 3 is 3.19 bits per heavy atom. The van der Waals surface area contributed by atoms with Crippen LogP contribution in [-0.4, -0.2) is 21.3 Å². The van der Waals surface area contributed by atoms with Crippen LogP contribution in [0.2, 0.25) is 0 Å². The second-order valence-electron chi connectivity index (χ2n) is 4.39. The summed E-state index contributed by atoms with van der Waals surface area (Å²) in [4.78, 5) is 5.59. The maximum Gasteiger partial charge on any atom is 0.193 e. The standard InChI is InChI=1S/C11H14ClN3S/c12-9-3-8(4-9)5-13-6-10-7-15-1-2-16-11(15)14-10/h1-2,7-9,13H,3-6H2. The Kier molecular flexibility index (Phi) is 2.88. The smallest absolute Gasteiger partial charge is 0.193 e. The van der Waals surface area contributed by atoms with Gasteiger partial charge in [-0.2, -0.15) is 0 Å². The number of nitrogens with zero attached hydrogens (tertiary/aromatic N) is 2. The number of imidazole rings is 1. The van der Waals surface area contributed by atoms with Gasteiger partial charge in [0.05, 0.1) is 5.69 Å². The average molecular weight is 256 g/mol. The third kappa shape index (κ3) is 2.10. The van der Waals surface area contributed by atoms with Gasteiger partial charge in [-0.3, -0.25) is 4.40 Å². The Balaban J connectivity index is 1.49. The highest BCUT2D eigenvalue weighted by molar-refractivity contribution is 7.15. The molecule has 2 heterocycles. The van der Waals surface area contributed by atoms with Gasteiger partial charge in [-0.15, -0.1) is 22.9 Å². The van der Waals surface area contributed by atoms with Gasteiger partial charge in [0.25, 0.3) is 0 Å². The van der Waals surface area contributed by atoms with E-state index in [-0.39, 0.29) is 0 Å². The van der Waals surface area contributed by atoms with E-state index in [1.165, 1.54) is 0 Å². The Bertz CT molecular complexity index is 444. The number of rotatable bonds is 4. The summed E-state index contributed by atoms with van der Waals surface area (Å²) in [5.41, 5.74) is 1.12. The molecule has 16 heavy (non-hydrogen) atoms. The van der Waals surface area contributed by atoms with Gasteiger partial charge >= 0.3 is 0 Å². The van der Waals surface area contributed by atoms with Crippen molar-refractivity contribution in [3.8, 4) is 0 Å². The molecule has 1 N–H and O–H groups in total. The predicted molar refractivity (Wildman–Crippen MR) is 67.1 cm³/mol. The van der Waals surface area contributed by atoms with E-state index < -0.39 is 0 Å². The minimum Gasteiger partial charge on any atom is -0.311 e. The van der Waals surface area contributed by atoms with Gasteiger partial charge in [-0.25, -0.2) is 4.98 Å². The van der Waals surface area contributed by atoms with Crippen LogP contribution >= 0.6 is 22.9 Å². The lowest BCUT2D eigenvalue weighted by Crippen LogP contribution is -2.33. The molecule has 2 aromatic rings. The maximum atomic E-state index is 5.94. The van der Waals surface area contributed by atoms with Crippen LogP contribution in [0.5, 0.6) is 0 Å². The summed E-state index contributed by atoms with van der Waals surface area (Å²) in [5, 5.41) is 5.92. The molecule has 1 fully saturated rings. The fourth-order valence-corrected chi connectivity index (χ4v) is 3.31. The first-order valence-electron chi connectivity index (χ1n) is 5.57. The topological polar surface area (TPSA) is 29.3 Å². The highest BCUT2D eigenvalue weighted by atomic mass is 35.5. The molecule has 3 rings (SSSR count). The van der Waals surface area contributed by atoms with Crippen LogP contribution < -0.4 is 5.32 Å². The quantitative estimate of drug-likeness (QED) is 0.851. The van der Waals surface area contributed by atoms with Gasteiger partial charge in [-0.1, -0.05) is 0 Å².